The maximum absolute atomic E-state index is 12.7. The van der Waals surface area contributed by atoms with Gasteiger partial charge in [-0.15, -0.1) is 11.3 Å². The lowest BCUT2D eigenvalue weighted by Crippen LogP contribution is -2.38. The largest absolute Gasteiger partial charge is 0.476 e. The second-order valence-corrected chi connectivity index (χ2v) is 12.8. The van der Waals surface area contributed by atoms with E-state index < -0.39 is 0 Å². The number of pyridine rings is 1. The number of ether oxygens (including phenoxy) is 1. The van der Waals surface area contributed by atoms with E-state index in [2.05, 4.69) is 60.5 Å². The Bertz CT molecular complexity index is 1540. The van der Waals surface area contributed by atoms with Crippen molar-refractivity contribution in [1.82, 2.24) is 24.8 Å². The number of hydrogen-bond acceptors (Lipinski definition) is 6. The second kappa shape index (κ2) is 12.8. The van der Waals surface area contributed by atoms with Crippen LogP contribution in [0.1, 0.15) is 70.4 Å². The highest BCUT2D eigenvalue weighted by Crippen LogP contribution is 2.34. The lowest BCUT2D eigenvalue weighted by molar-refractivity contribution is -0.126. The summed E-state index contributed by atoms with van der Waals surface area (Å²) in [5.41, 5.74) is 4.07. The van der Waals surface area contributed by atoms with Crippen molar-refractivity contribution in [3.63, 3.8) is 0 Å². The molecule has 0 spiro atoms. The summed E-state index contributed by atoms with van der Waals surface area (Å²) in [7, 11) is 0. The van der Waals surface area contributed by atoms with Crippen molar-refractivity contribution in [2.45, 2.75) is 77.4 Å². The van der Waals surface area contributed by atoms with Crippen LogP contribution in [0.3, 0.4) is 0 Å². The van der Waals surface area contributed by atoms with Gasteiger partial charge in [0.25, 0.3) is 0 Å². The van der Waals surface area contributed by atoms with E-state index in [0.29, 0.717) is 19.0 Å². The molecule has 218 valence electrons. The van der Waals surface area contributed by atoms with Crippen molar-refractivity contribution in [2.75, 3.05) is 26.2 Å². The highest BCUT2D eigenvalue weighted by Gasteiger charge is 2.29. The van der Waals surface area contributed by atoms with E-state index in [-0.39, 0.29) is 23.9 Å². The van der Waals surface area contributed by atoms with Crippen molar-refractivity contribution < 1.29 is 9.53 Å². The molecule has 4 aromatic rings. The summed E-state index contributed by atoms with van der Waals surface area (Å²) in [6, 6.07) is 11.2. The van der Waals surface area contributed by atoms with E-state index in [1.54, 1.807) is 11.3 Å². The third-order valence-corrected chi connectivity index (χ3v) is 9.37. The van der Waals surface area contributed by atoms with Crippen molar-refractivity contribution in [3.05, 3.63) is 53.1 Å². The predicted molar refractivity (Wildman–Crippen MR) is 165 cm³/mol. The average Bonchev–Trinajstić information content (AvgIpc) is 3.60. The van der Waals surface area contributed by atoms with Crippen LogP contribution in [-0.4, -0.2) is 57.6 Å². The van der Waals surface area contributed by atoms with Gasteiger partial charge in [0.15, 0.2) is 0 Å². The predicted octanol–water partition coefficient (Wildman–Crippen LogP) is 5.80. The highest BCUT2D eigenvalue weighted by atomic mass is 32.1. The number of nitrogens with zero attached hydrogens (tertiary/aromatic N) is 4. The molecule has 6 rings (SSSR count). The van der Waals surface area contributed by atoms with Crippen molar-refractivity contribution in [3.8, 4) is 5.88 Å². The number of benzene rings is 1. The quantitative estimate of drug-likeness (QED) is 0.265. The molecule has 1 aromatic carbocycles. The molecule has 8 nitrogen and oxygen atoms in total. The number of thiophene rings is 1. The standard InChI is InChI=1S/C32H42N6O2S/c1-22(2)35-31(39)25-8-10-26(11-9-25)38-28-19-30(40-16-15-37-13-4-3-5-14-37)33-21-27(28)36-32(38)34-20-23-6-7-24-12-17-41-29(24)18-23/h6-7,12,17-19,21-22,25-26H,3-5,8-11,13-16,20H2,1-2H3,(H,34,36)(H,35,39). The number of carbonyl (C=O) groups excluding carboxylic acids is 1. The lowest BCUT2D eigenvalue weighted by Gasteiger charge is -2.29. The summed E-state index contributed by atoms with van der Waals surface area (Å²) < 4.78 is 9.78. The Labute approximate surface area is 245 Å². The maximum Gasteiger partial charge on any atom is 0.223 e. The minimum atomic E-state index is 0.0766. The number of piperidine rings is 1. The number of rotatable bonds is 9. The molecule has 3 aromatic heterocycles. The Hall–Kier alpha value is -3.17. The Morgan fingerprint density at radius 2 is 1.98 bits per heavy atom. The first kappa shape index (κ1) is 28.0. The molecule has 0 bridgehead atoms. The van der Waals surface area contributed by atoms with Crippen LogP contribution in [0.4, 0.5) is 0 Å². The zero-order chi connectivity index (χ0) is 28.2. The molecule has 2 fully saturated rings. The van der Waals surface area contributed by atoms with E-state index in [1.165, 1.54) is 34.9 Å². The van der Waals surface area contributed by atoms with E-state index >= 15 is 0 Å². The first-order chi connectivity index (χ1) is 20.0. The molecule has 9 heteroatoms. The van der Waals surface area contributed by atoms with Crippen LogP contribution in [0.15, 0.2) is 46.9 Å². The van der Waals surface area contributed by atoms with E-state index in [9.17, 15) is 4.79 Å². The van der Waals surface area contributed by atoms with Gasteiger partial charge >= 0.3 is 0 Å². The summed E-state index contributed by atoms with van der Waals surface area (Å²) in [5, 5.41) is 6.51. The molecular formula is C32H42N6O2S. The van der Waals surface area contributed by atoms with Crippen molar-refractivity contribution >= 4 is 38.4 Å². The van der Waals surface area contributed by atoms with Crippen LogP contribution < -0.4 is 15.7 Å². The Morgan fingerprint density at radius 1 is 1.15 bits per heavy atom. The van der Waals surface area contributed by atoms with Gasteiger partial charge in [0.1, 0.15) is 6.61 Å². The zero-order valence-electron chi connectivity index (χ0n) is 24.3. The number of likely N-dealkylation sites (tertiary alicyclic amines) is 1. The Kier molecular flexibility index (Phi) is 8.72. The lowest BCUT2D eigenvalue weighted by atomic mass is 9.85. The third-order valence-electron chi connectivity index (χ3n) is 8.49. The smallest absolute Gasteiger partial charge is 0.223 e. The Balaban J connectivity index is 1.25. The summed E-state index contributed by atoms with van der Waals surface area (Å²) in [6.45, 7) is 8.54. The number of aromatic nitrogens is 3. The van der Waals surface area contributed by atoms with Gasteiger partial charge in [-0.1, -0.05) is 18.6 Å². The molecule has 1 aliphatic carbocycles. The molecule has 2 aliphatic rings. The number of nitrogens with one attached hydrogen (secondary N) is 2. The molecule has 1 aliphatic heterocycles. The number of imidazole rings is 1. The SMILES string of the molecule is CC(C)NC(=O)C1CCC(n2/c(=N/Cc3ccc4ccsc4c3)[nH]c3cnc(OCCN4CCCCC4)cc32)CC1. The van der Waals surface area contributed by atoms with Gasteiger partial charge in [0.2, 0.25) is 17.4 Å². The summed E-state index contributed by atoms with van der Waals surface area (Å²) >= 11 is 1.76. The number of amides is 1. The number of hydrogen-bond donors (Lipinski definition) is 2. The minimum Gasteiger partial charge on any atom is -0.476 e. The number of aromatic amines is 1. The maximum atomic E-state index is 12.7. The second-order valence-electron chi connectivity index (χ2n) is 11.9. The van der Waals surface area contributed by atoms with Crippen LogP contribution >= 0.6 is 11.3 Å². The van der Waals surface area contributed by atoms with Crippen LogP contribution in [0.5, 0.6) is 5.88 Å². The molecule has 1 saturated heterocycles. The van der Waals surface area contributed by atoms with Gasteiger partial charge in [-0.3, -0.25) is 9.69 Å². The molecule has 1 saturated carbocycles. The van der Waals surface area contributed by atoms with E-state index in [4.69, 9.17) is 9.73 Å². The van der Waals surface area contributed by atoms with Crippen LogP contribution in [0.2, 0.25) is 0 Å². The van der Waals surface area contributed by atoms with Gasteiger partial charge < -0.3 is 19.6 Å². The van der Waals surface area contributed by atoms with Gasteiger partial charge in [0.05, 0.1) is 23.8 Å². The first-order valence-electron chi connectivity index (χ1n) is 15.3. The first-order valence-corrected chi connectivity index (χ1v) is 16.1. The molecule has 0 unspecified atom stereocenters. The molecule has 0 atom stereocenters. The van der Waals surface area contributed by atoms with Gasteiger partial charge in [0, 0.05) is 35.3 Å². The van der Waals surface area contributed by atoms with E-state index in [1.807, 2.05) is 20.0 Å². The third kappa shape index (κ3) is 6.67. The average molecular weight is 575 g/mol. The molecule has 0 radical (unpaired) electrons. The Morgan fingerprint density at radius 3 is 2.78 bits per heavy atom. The minimum absolute atomic E-state index is 0.0766. The summed E-state index contributed by atoms with van der Waals surface area (Å²) in [6.07, 6.45) is 9.40. The summed E-state index contributed by atoms with van der Waals surface area (Å²) in [5.74, 6) is 0.916. The van der Waals surface area contributed by atoms with Crippen LogP contribution in [0, 0.1) is 5.92 Å². The van der Waals surface area contributed by atoms with Crippen LogP contribution in [-0.2, 0) is 11.3 Å². The number of carbonyl (C=O) groups is 1. The fraction of sp³-hybridized carbons (Fsp3) is 0.531. The molecule has 2 N–H and O–H groups in total. The molecular weight excluding hydrogens is 532 g/mol. The normalized spacial score (nSPS) is 20.7. The fourth-order valence-corrected chi connectivity index (χ4v) is 7.16. The highest BCUT2D eigenvalue weighted by molar-refractivity contribution is 7.17. The van der Waals surface area contributed by atoms with Crippen molar-refractivity contribution in [2.24, 2.45) is 10.9 Å². The van der Waals surface area contributed by atoms with Gasteiger partial charge in [-0.2, -0.15) is 0 Å². The topological polar surface area (TPSA) is 87.5 Å². The van der Waals surface area contributed by atoms with Gasteiger partial charge in [-0.25, -0.2) is 9.98 Å². The molecule has 41 heavy (non-hydrogen) atoms. The van der Waals surface area contributed by atoms with Gasteiger partial charge in [-0.05, 0) is 93.9 Å². The number of fused-ring (bicyclic) bond motifs is 2. The van der Waals surface area contributed by atoms with Crippen LogP contribution in [0.25, 0.3) is 21.1 Å². The number of H-pyrrole nitrogens is 1. The van der Waals surface area contributed by atoms with E-state index in [0.717, 1.165) is 62.0 Å². The fourth-order valence-electron chi connectivity index (χ4n) is 6.31. The molecule has 1 amide bonds. The zero-order valence-corrected chi connectivity index (χ0v) is 25.1. The summed E-state index contributed by atoms with van der Waals surface area (Å²) in [4.78, 5) is 28.4. The molecule has 4 heterocycles. The monoisotopic (exact) mass is 574 g/mol. The van der Waals surface area contributed by atoms with Crippen molar-refractivity contribution in [1.29, 1.82) is 0 Å².